The van der Waals surface area contributed by atoms with Crippen LogP contribution in [0.5, 0.6) is 5.75 Å². The third kappa shape index (κ3) is 9.20. The normalized spacial score (nSPS) is 13.5. The van der Waals surface area contributed by atoms with Gasteiger partial charge in [-0.2, -0.15) is 0 Å². The minimum atomic E-state index is -1.53. The van der Waals surface area contributed by atoms with Crippen LogP contribution in [0.25, 0.3) is 0 Å². The van der Waals surface area contributed by atoms with E-state index in [9.17, 15) is 24.6 Å². The van der Waals surface area contributed by atoms with Gasteiger partial charge in [-0.1, -0.05) is 55.8 Å². The predicted molar refractivity (Wildman–Crippen MR) is 133 cm³/mol. The van der Waals surface area contributed by atoms with E-state index in [1.165, 1.54) is 25.1 Å². The summed E-state index contributed by atoms with van der Waals surface area (Å²) in [6.07, 6.45) is -1.23. The summed E-state index contributed by atoms with van der Waals surface area (Å²) in [6, 6.07) is 11.2. The fourth-order valence-corrected chi connectivity index (χ4v) is 3.41. The number of ether oxygens (including phenoxy) is 1. The Hall–Kier alpha value is -3.14. The van der Waals surface area contributed by atoms with Gasteiger partial charge < -0.3 is 30.9 Å². The number of aliphatic hydroxyl groups excluding tert-OH is 1. The van der Waals surface area contributed by atoms with Gasteiger partial charge >= 0.3 is 5.97 Å². The highest BCUT2D eigenvalue weighted by Gasteiger charge is 2.30. The van der Waals surface area contributed by atoms with Crippen LogP contribution in [-0.2, 0) is 16.0 Å². The molecule has 5 N–H and O–H groups in total. The van der Waals surface area contributed by atoms with Gasteiger partial charge in [0.2, 0.25) is 5.91 Å². The van der Waals surface area contributed by atoms with Gasteiger partial charge in [-0.3, -0.25) is 9.59 Å². The third-order valence-corrected chi connectivity index (χ3v) is 5.29. The highest BCUT2D eigenvalue weighted by molar-refractivity contribution is 6.30. The zero-order chi connectivity index (χ0) is 26.0. The molecule has 2 aromatic carbocycles. The van der Waals surface area contributed by atoms with Crippen LogP contribution in [0.15, 0.2) is 48.5 Å². The van der Waals surface area contributed by atoms with E-state index in [1.807, 2.05) is 19.9 Å². The number of aliphatic hydroxyl groups is 1. The number of hydrogen-bond donors (Lipinski definition) is 5. The van der Waals surface area contributed by atoms with Crippen molar-refractivity contribution in [3.05, 3.63) is 64.7 Å². The van der Waals surface area contributed by atoms with Gasteiger partial charge in [-0.15, -0.1) is 0 Å². The number of halogens is 1. The van der Waals surface area contributed by atoms with Gasteiger partial charge in [-0.05, 0) is 30.7 Å². The molecule has 0 heterocycles. The van der Waals surface area contributed by atoms with E-state index in [1.54, 1.807) is 24.3 Å². The number of aliphatic carboxylic acids is 1. The maximum Gasteiger partial charge on any atom is 0.328 e. The molecule has 0 saturated heterocycles. The number of hydrogen-bond acceptors (Lipinski definition) is 6. The van der Waals surface area contributed by atoms with Crippen LogP contribution < -0.4 is 20.7 Å². The van der Waals surface area contributed by atoms with E-state index >= 15 is 0 Å². The molecule has 0 fully saturated rings. The summed E-state index contributed by atoms with van der Waals surface area (Å²) in [6.45, 7) is 6.11. The highest BCUT2D eigenvalue weighted by atomic mass is 35.5. The van der Waals surface area contributed by atoms with Gasteiger partial charge in [-0.25, -0.2) is 4.79 Å². The molecule has 0 aliphatic carbocycles. The summed E-state index contributed by atoms with van der Waals surface area (Å²) in [5.41, 5.74) is 0.930. The number of benzene rings is 2. The number of carboxylic acids is 1. The maximum atomic E-state index is 13.2. The molecule has 2 rings (SSSR count). The lowest BCUT2D eigenvalue weighted by Crippen LogP contribution is -2.55. The molecule has 3 atom stereocenters. The minimum Gasteiger partial charge on any atom is -0.491 e. The topological polar surface area (TPSA) is 137 Å². The van der Waals surface area contributed by atoms with Crippen LogP contribution in [0.1, 0.15) is 36.7 Å². The van der Waals surface area contributed by atoms with E-state index in [2.05, 4.69) is 16.0 Å². The van der Waals surface area contributed by atoms with Crippen LogP contribution in [0.4, 0.5) is 0 Å². The number of carbonyl (C=O) groups is 3. The molecule has 10 heteroatoms. The van der Waals surface area contributed by atoms with Crippen LogP contribution in [0, 0.1) is 0 Å². The Morgan fingerprint density at radius 2 is 1.71 bits per heavy atom. The van der Waals surface area contributed by atoms with Crippen molar-refractivity contribution in [3.63, 3.8) is 0 Å². The molecule has 190 valence electrons. The summed E-state index contributed by atoms with van der Waals surface area (Å²) >= 11 is 6.09. The Balaban J connectivity index is 2.24. The fourth-order valence-electron chi connectivity index (χ4n) is 3.25. The van der Waals surface area contributed by atoms with Gasteiger partial charge in [0.15, 0.2) is 6.04 Å². The molecule has 2 amide bonds. The average molecular weight is 506 g/mol. The molecule has 9 nitrogen and oxygen atoms in total. The van der Waals surface area contributed by atoms with Crippen molar-refractivity contribution in [3.8, 4) is 5.75 Å². The molecule has 0 aromatic heterocycles. The van der Waals surface area contributed by atoms with Crippen LogP contribution in [0.2, 0.25) is 5.02 Å². The molecule has 35 heavy (non-hydrogen) atoms. The number of nitrogens with one attached hydrogen (secondary N) is 3. The Labute approximate surface area is 209 Å². The minimum absolute atomic E-state index is 0.104. The summed E-state index contributed by atoms with van der Waals surface area (Å²) in [7, 11) is 0. The first-order valence-corrected chi connectivity index (χ1v) is 11.7. The largest absolute Gasteiger partial charge is 0.491 e. The van der Waals surface area contributed by atoms with Crippen molar-refractivity contribution >= 4 is 29.4 Å². The first-order valence-electron chi connectivity index (χ1n) is 11.3. The monoisotopic (exact) mass is 505 g/mol. The fraction of sp³-hybridized carbons (Fsp3) is 0.400. The van der Waals surface area contributed by atoms with E-state index in [0.717, 1.165) is 5.56 Å². The third-order valence-electron chi connectivity index (χ3n) is 5.05. The lowest BCUT2D eigenvalue weighted by atomic mass is 10.0. The van der Waals surface area contributed by atoms with E-state index in [4.69, 9.17) is 16.3 Å². The molecule has 0 spiro atoms. The predicted octanol–water partition coefficient (Wildman–Crippen LogP) is 2.01. The molecule has 0 saturated carbocycles. The van der Waals surface area contributed by atoms with Crippen molar-refractivity contribution in [1.29, 1.82) is 0 Å². The summed E-state index contributed by atoms with van der Waals surface area (Å²) in [5.74, 6) is -2.46. The molecule has 0 bridgehead atoms. The number of carbonyl (C=O) groups excluding carboxylic acids is 2. The second-order valence-electron chi connectivity index (χ2n) is 8.38. The number of amides is 2. The molecule has 0 aliphatic rings. The highest BCUT2D eigenvalue weighted by Crippen LogP contribution is 2.24. The Bertz CT molecular complexity index is 1000. The van der Waals surface area contributed by atoms with Crippen molar-refractivity contribution in [2.24, 2.45) is 0 Å². The van der Waals surface area contributed by atoms with Crippen molar-refractivity contribution in [2.75, 3.05) is 13.2 Å². The van der Waals surface area contributed by atoms with Gasteiger partial charge in [0.25, 0.3) is 5.91 Å². The Morgan fingerprint density at radius 3 is 2.31 bits per heavy atom. The Kier molecular flexibility index (Phi) is 11.0. The zero-order valence-electron chi connectivity index (χ0n) is 20.0. The number of carboxylic acid groups (broad SMARTS) is 1. The van der Waals surface area contributed by atoms with Crippen LogP contribution >= 0.6 is 11.6 Å². The van der Waals surface area contributed by atoms with E-state index in [0.29, 0.717) is 18.2 Å². The molecular formula is C25H32ClN3O6. The standard InChI is InChI=1S/C25H32ClN3O6/c1-15(2)27-11-12-35-21-14-18(26)9-10-19(21)23(31)28-20(13-17-7-5-4-6-8-17)24(32)29-22(16(3)30)25(33)34/h4-10,14-16,20,22,27,30H,11-13H2,1-3H3,(H,28,31)(H,29,32)(H,33,34)/t16-,20+,22+/m1/s1. The van der Waals surface area contributed by atoms with Crippen LogP contribution in [0.3, 0.4) is 0 Å². The second-order valence-corrected chi connectivity index (χ2v) is 8.82. The first kappa shape index (κ1) is 28.1. The molecule has 0 radical (unpaired) electrons. The van der Waals surface area contributed by atoms with E-state index < -0.39 is 36.0 Å². The molecule has 0 unspecified atom stereocenters. The maximum absolute atomic E-state index is 13.2. The molecular weight excluding hydrogens is 474 g/mol. The van der Waals surface area contributed by atoms with Crippen molar-refractivity contribution in [2.45, 2.75) is 51.4 Å². The van der Waals surface area contributed by atoms with Crippen LogP contribution in [-0.4, -0.2) is 65.4 Å². The second kappa shape index (κ2) is 13.7. The molecule has 2 aromatic rings. The van der Waals surface area contributed by atoms with Gasteiger partial charge in [0.1, 0.15) is 18.4 Å². The summed E-state index contributed by atoms with van der Waals surface area (Å²) < 4.78 is 5.76. The van der Waals surface area contributed by atoms with Gasteiger partial charge in [0.05, 0.1) is 11.7 Å². The Morgan fingerprint density at radius 1 is 1.03 bits per heavy atom. The molecule has 0 aliphatic heterocycles. The quantitative estimate of drug-likeness (QED) is 0.263. The SMILES string of the molecule is CC(C)NCCOc1cc(Cl)ccc1C(=O)N[C@@H](Cc1ccccc1)C(=O)N[C@H](C(=O)O)[C@@H](C)O. The number of rotatable bonds is 13. The zero-order valence-corrected chi connectivity index (χ0v) is 20.7. The smallest absolute Gasteiger partial charge is 0.328 e. The lowest BCUT2D eigenvalue weighted by Gasteiger charge is -2.23. The van der Waals surface area contributed by atoms with Gasteiger partial charge in [0, 0.05) is 24.0 Å². The lowest BCUT2D eigenvalue weighted by molar-refractivity contribution is -0.145. The first-order chi connectivity index (χ1) is 16.6. The van der Waals surface area contributed by atoms with Crippen molar-refractivity contribution < 1.29 is 29.3 Å². The average Bonchev–Trinajstić information content (AvgIpc) is 2.79. The summed E-state index contributed by atoms with van der Waals surface area (Å²) in [5, 5.41) is 27.6. The summed E-state index contributed by atoms with van der Waals surface area (Å²) in [4.78, 5) is 37.6. The van der Waals surface area contributed by atoms with E-state index in [-0.39, 0.29) is 23.8 Å². The van der Waals surface area contributed by atoms with Crippen molar-refractivity contribution in [1.82, 2.24) is 16.0 Å².